The first-order valence-corrected chi connectivity index (χ1v) is 17.2. The largest absolute Gasteiger partial charge is 0.497 e. The van der Waals surface area contributed by atoms with Crippen LogP contribution in [0.5, 0.6) is 17.2 Å². The van der Waals surface area contributed by atoms with Gasteiger partial charge in [-0.25, -0.2) is 19.9 Å². The van der Waals surface area contributed by atoms with Gasteiger partial charge in [0.1, 0.15) is 27.8 Å². The molecule has 4 aromatic carbocycles. The van der Waals surface area contributed by atoms with Crippen molar-refractivity contribution < 1.29 is 14.2 Å². The molecule has 8 aromatic rings. The molecule has 0 unspecified atom stereocenters. The number of benzene rings is 4. The molecule has 0 saturated carbocycles. The van der Waals surface area contributed by atoms with Gasteiger partial charge in [-0.05, 0) is 54.1 Å². The van der Waals surface area contributed by atoms with E-state index in [2.05, 4.69) is 40.5 Å². The third kappa shape index (κ3) is 8.10. The first-order valence-electron chi connectivity index (χ1n) is 16.1. The minimum atomic E-state index is 0.318. The highest BCUT2D eigenvalue weighted by Gasteiger charge is 2.15. The Kier molecular flexibility index (Phi) is 10.5. The van der Waals surface area contributed by atoms with E-state index in [1.807, 2.05) is 85.1 Å². The fraction of sp³-hybridized carbons (Fsp3) is 0.105. The van der Waals surface area contributed by atoms with Crippen molar-refractivity contribution in [2.24, 2.45) is 0 Å². The lowest BCUT2D eigenvalue weighted by Gasteiger charge is -2.12. The van der Waals surface area contributed by atoms with E-state index in [1.165, 1.54) is 0 Å². The highest BCUT2D eigenvalue weighted by atomic mass is 35.5. The Balaban J connectivity index is 0.000000164. The van der Waals surface area contributed by atoms with Crippen LogP contribution in [0.25, 0.3) is 44.8 Å². The van der Waals surface area contributed by atoms with Gasteiger partial charge in [0, 0.05) is 32.9 Å². The Hall–Kier alpha value is -5.95. The summed E-state index contributed by atoms with van der Waals surface area (Å²) in [4.78, 5) is 18.2. The Morgan fingerprint density at radius 3 is 2.04 bits per heavy atom. The molecule has 0 spiro atoms. The number of H-pyrrole nitrogens is 1. The van der Waals surface area contributed by atoms with Crippen LogP contribution in [0.15, 0.2) is 103 Å². The number of halogens is 3. The number of aromatic nitrogens is 8. The monoisotopic (exact) mass is 765 g/mol. The lowest BCUT2D eigenvalue weighted by atomic mass is 10.2. The molecule has 4 aromatic heterocycles. The molecule has 4 heterocycles. The van der Waals surface area contributed by atoms with Crippen LogP contribution >= 0.6 is 34.8 Å². The summed E-state index contributed by atoms with van der Waals surface area (Å²) in [5, 5.41) is 16.4. The molecule has 0 radical (unpaired) electrons. The van der Waals surface area contributed by atoms with Crippen LogP contribution in [0.2, 0.25) is 15.2 Å². The maximum atomic E-state index is 6.33. The molecule has 2 N–H and O–H groups in total. The van der Waals surface area contributed by atoms with Crippen molar-refractivity contribution in [2.75, 3.05) is 26.6 Å². The van der Waals surface area contributed by atoms with E-state index >= 15 is 0 Å². The van der Waals surface area contributed by atoms with E-state index in [0.717, 1.165) is 28.1 Å². The molecular weight excluding hydrogens is 737 g/mol. The highest BCUT2D eigenvalue weighted by molar-refractivity contribution is 6.33. The van der Waals surface area contributed by atoms with Crippen molar-refractivity contribution in [1.82, 2.24) is 39.9 Å². The van der Waals surface area contributed by atoms with Gasteiger partial charge in [-0.2, -0.15) is 10.2 Å². The van der Waals surface area contributed by atoms with Crippen LogP contribution in [-0.2, 0) is 6.54 Å². The molecule has 12 nitrogen and oxygen atoms in total. The van der Waals surface area contributed by atoms with E-state index in [9.17, 15) is 0 Å². The minimum absolute atomic E-state index is 0.318. The number of hydrogen-bond acceptors (Lipinski definition) is 10. The average molecular weight is 767 g/mol. The molecule has 0 saturated heterocycles. The van der Waals surface area contributed by atoms with Crippen molar-refractivity contribution in [3.8, 4) is 40.0 Å². The smallest absolute Gasteiger partial charge is 0.162 e. The van der Waals surface area contributed by atoms with Crippen molar-refractivity contribution >= 4 is 68.4 Å². The van der Waals surface area contributed by atoms with E-state index in [-0.39, 0.29) is 0 Å². The van der Waals surface area contributed by atoms with Crippen LogP contribution in [-0.4, -0.2) is 61.2 Å². The Morgan fingerprint density at radius 2 is 1.38 bits per heavy atom. The zero-order chi connectivity index (χ0) is 36.9. The number of rotatable bonds is 9. The standard InChI is InChI=1S/C19H14Cl2N4O.C19H16ClN5O2/c1-26-15-7-5-12(6-8-15)10-25-11-16-17(24-25)18(21)23-19(22-16)13-3-2-4-14(20)9-13;1-26-15-7-6-13(9-16(15)27-2)22-19-17-14(10-21-25-17)23-18(24-19)11-4-3-5-12(20)8-11/h2-9,11H,10H2,1H3;3-10H,1-2H3,(H,21,25)(H,22,23,24). The van der Waals surface area contributed by atoms with Crippen molar-refractivity contribution in [1.29, 1.82) is 0 Å². The molecule has 266 valence electrons. The SMILES string of the molecule is COc1ccc(Cn2cc3nc(-c4cccc(Cl)c4)nc(Cl)c3n2)cc1.COc1ccc(Nc2nc(-c3cccc(Cl)c3)nc3cn[nH]c23)cc1OC. The lowest BCUT2D eigenvalue weighted by Crippen LogP contribution is -2.00. The fourth-order valence-corrected chi connectivity index (χ4v) is 6.01. The van der Waals surface area contributed by atoms with Crippen LogP contribution in [0, 0.1) is 0 Å². The molecule has 15 heteroatoms. The van der Waals surface area contributed by atoms with Crippen LogP contribution in [0.4, 0.5) is 11.5 Å². The maximum absolute atomic E-state index is 6.33. The summed E-state index contributed by atoms with van der Waals surface area (Å²) in [6.07, 6.45) is 3.52. The van der Waals surface area contributed by atoms with Crippen LogP contribution < -0.4 is 19.5 Å². The average Bonchev–Trinajstić information content (AvgIpc) is 3.83. The van der Waals surface area contributed by atoms with E-state index < -0.39 is 0 Å². The van der Waals surface area contributed by atoms with Gasteiger partial charge < -0.3 is 19.5 Å². The molecular formula is C38H30Cl3N9O3. The molecule has 8 rings (SSSR count). The normalized spacial score (nSPS) is 10.9. The Bertz CT molecular complexity index is 2540. The number of aromatic amines is 1. The quantitative estimate of drug-likeness (QED) is 0.137. The number of methoxy groups -OCH3 is 3. The Labute approximate surface area is 318 Å². The van der Waals surface area contributed by atoms with Crippen molar-refractivity contribution in [2.45, 2.75) is 6.54 Å². The molecule has 0 aliphatic carbocycles. The predicted molar refractivity (Wildman–Crippen MR) is 208 cm³/mol. The predicted octanol–water partition coefficient (Wildman–Crippen LogP) is 9.29. The van der Waals surface area contributed by atoms with Gasteiger partial charge in [-0.15, -0.1) is 0 Å². The van der Waals surface area contributed by atoms with E-state index in [1.54, 1.807) is 44.3 Å². The summed E-state index contributed by atoms with van der Waals surface area (Å²) in [5.74, 6) is 3.76. The van der Waals surface area contributed by atoms with Crippen LogP contribution in [0.3, 0.4) is 0 Å². The number of hydrogen-bond donors (Lipinski definition) is 2. The molecule has 0 aliphatic rings. The zero-order valence-corrected chi connectivity index (χ0v) is 30.8. The lowest BCUT2D eigenvalue weighted by molar-refractivity contribution is 0.355. The topological polar surface area (TPSA) is 138 Å². The third-order valence-electron chi connectivity index (χ3n) is 7.98. The number of ether oxygens (including phenoxy) is 3. The fourth-order valence-electron chi connectivity index (χ4n) is 5.42. The Morgan fingerprint density at radius 1 is 0.698 bits per heavy atom. The van der Waals surface area contributed by atoms with Gasteiger partial charge in [-0.3, -0.25) is 9.78 Å². The van der Waals surface area contributed by atoms with Gasteiger partial charge in [0.2, 0.25) is 0 Å². The summed E-state index contributed by atoms with van der Waals surface area (Å²) in [7, 11) is 4.84. The molecule has 0 bridgehead atoms. The molecule has 53 heavy (non-hydrogen) atoms. The van der Waals surface area contributed by atoms with Gasteiger partial charge in [0.15, 0.2) is 34.1 Å². The number of anilines is 2. The van der Waals surface area contributed by atoms with Gasteiger partial charge in [-0.1, -0.05) is 71.2 Å². The van der Waals surface area contributed by atoms with Crippen molar-refractivity contribution in [3.05, 3.63) is 124 Å². The second-order valence-electron chi connectivity index (χ2n) is 11.5. The summed E-state index contributed by atoms with van der Waals surface area (Å²) in [5.41, 5.74) is 6.18. The van der Waals surface area contributed by atoms with E-state index in [4.69, 9.17) is 49.0 Å². The number of nitrogens with one attached hydrogen (secondary N) is 2. The van der Waals surface area contributed by atoms with Gasteiger partial charge in [0.05, 0.1) is 40.3 Å². The summed E-state index contributed by atoms with van der Waals surface area (Å²) in [6.45, 7) is 0.600. The minimum Gasteiger partial charge on any atom is -0.497 e. The summed E-state index contributed by atoms with van der Waals surface area (Å²) in [6, 6.07) is 28.1. The second-order valence-corrected chi connectivity index (χ2v) is 12.7. The second kappa shape index (κ2) is 15.7. The van der Waals surface area contributed by atoms with Crippen LogP contribution in [0.1, 0.15) is 5.56 Å². The zero-order valence-electron chi connectivity index (χ0n) is 28.5. The molecule has 0 atom stereocenters. The summed E-state index contributed by atoms with van der Waals surface area (Å²) < 4.78 is 17.6. The maximum Gasteiger partial charge on any atom is 0.162 e. The first-order chi connectivity index (χ1) is 25.8. The van der Waals surface area contributed by atoms with E-state index in [0.29, 0.717) is 72.8 Å². The van der Waals surface area contributed by atoms with Gasteiger partial charge in [0.25, 0.3) is 0 Å². The summed E-state index contributed by atoms with van der Waals surface area (Å²) >= 11 is 18.5. The highest BCUT2D eigenvalue weighted by Crippen LogP contribution is 2.33. The first kappa shape index (κ1) is 35.5. The van der Waals surface area contributed by atoms with Crippen molar-refractivity contribution in [3.63, 3.8) is 0 Å². The number of fused-ring (bicyclic) bond motifs is 2. The molecule has 0 aliphatic heterocycles. The molecule has 0 amide bonds. The molecule has 0 fully saturated rings. The van der Waals surface area contributed by atoms with Gasteiger partial charge >= 0.3 is 0 Å². The third-order valence-corrected chi connectivity index (χ3v) is 8.72. The number of nitrogens with zero attached hydrogens (tertiary/aromatic N) is 7.